The van der Waals surface area contributed by atoms with Crippen molar-refractivity contribution in [1.82, 2.24) is 0 Å². The van der Waals surface area contributed by atoms with E-state index in [9.17, 15) is 14.9 Å². The van der Waals surface area contributed by atoms with Gasteiger partial charge in [0, 0.05) is 0 Å². The van der Waals surface area contributed by atoms with E-state index in [-0.39, 0.29) is 11.9 Å². The molecule has 0 N–H and O–H groups in total. The van der Waals surface area contributed by atoms with Crippen molar-refractivity contribution in [2.75, 3.05) is 0 Å². The number of nitriles is 1. The molecule has 1 fully saturated rings. The van der Waals surface area contributed by atoms with Gasteiger partial charge in [0.2, 0.25) is 0 Å². The summed E-state index contributed by atoms with van der Waals surface area (Å²) in [6.45, 7) is 5.59. The first kappa shape index (κ1) is 26.9. The third-order valence-corrected chi connectivity index (χ3v) is 7.05. The highest BCUT2D eigenvalue weighted by Gasteiger charge is 2.33. The van der Waals surface area contributed by atoms with Gasteiger partial charge in [0.05, 0.1) is 12.0 Å². The van der Waals surface area contributed by atoms with Gasteiger partial charge in [-0.2, -0.15) is 5.26 Å². The van der Waals surface area contributed by atoms with E-state index < -0.39 is 11.4 Å². The second-order valence-electron chi connectivity index (χ2n) is 9.71. The number of hydrogen-bond donors (Lipinski definition) is 0. The average molecular weight is 456 g/mol. The Labute approximate surface area is 199 Å². The zero-order valence-corrected chi connectivity index (χ0v) is 20.7. The molecule has 0 bridgehead atoms. The minimum absolute atomic E-state index is 0.0336. The van der Waals surface area contributed by atoms with Crippen LogP contribution in [0.5, 0.6) is 11.5 Å². The monoisotopic (exact) mass is 455 g/mol. The quantitative estimate of drug-likeness (QED) is 0.176. The van der Waals surface area contributed by atoms with Crippen LogP contribution in [0.25, 0.3) is 0 Å². The van der Waals surface area contributed by atoms with Crippen LogP contribution in [0.2, 0.25) is 0 Å². The normalized spacial score (nSPS) is 19.8. The third kappa shape index (κ3) is 8.84. The van der Waals surface area contributed by atoms with E-state index in [1.54, 1.807) is 38.1 Å². The Kier molecular flexibility index (Phi) is 11.4. The summed E-state index contributed by atoms with van der Waals surface area (Å²) >= 11 is 0. The van der Waals surface area contributed by atoms with Crippen molar-refractivity contribution < 1.29 is 19.1 Å². The largest absolute Gasteiger partial charge is 0.426 e. The van der Waals surface area contributed by atoms with Crippen LogP contribution >= 0.6 is 0 Å². The van der Waals surface area contributed by atoms with Gasteiger partial charge in [-0.15, -0.1) is 0 Å². The van der Waals surface area contributed by atoms with Crippen LogP contribution in [0.4, 0.5) is 0 Å². The Morgan fingerprint density at radius 2 is 1.45 bits per heavy atom. The van der Waals surface area contributed by atoms with Gasteiger partial charge in [-0.3, -0.25) is 4.79 Å². The topological polar surface area (TPSA) is 76.4 Å². The van der Waals surface area contributed by atoms with Crippen LogP contribution in [-0.2, 0) is 9.59 Å². The third-order valence-electron chi connectivity index (χ3n) is 7.05. The molecule has 0 heterocycles. The molecule has 0 radical (unpaired) electrons. The van der Waals surface area contributed by atoms with E-state index in [0.29, 0.717) is 17.9 Å². The maximum absolute atomic E-state index is 12.6. The van der Waals surface area contributed by atoms with Gasteiger partial charge >= 0.3 is 11.9 Å². The fraction of sp³-hybridized carbons (Fsp3) is 0.679. The molecule has 1 aromatic carbocycles. The van der Waals surface area contributed by atoms with Gasteiger partial charge in [0.1, 0.15) is 11.5 Å². The molecule has 33 heavy (non-hydrogen) atoms. The van der Waals surface area contributed by atoms with E-state index in [2.05, 4.69) is 6.92 Å². The van der Waals surface area contributed by atoms with Gasteiger partial charge in [-0.1, -0.05) is 65.2 Å². The lowest BCUT2D eigenvalue weighted by Crippen LogP contribution is -2.29. The molecular weight excluding hydrogens is 414 g/mol. The zero-order valence-electron chi connectivity index (χ0n) is 20.7. The summed E-state index contributed by atoms with van der Waals surface area (Å²) in [5.41, 5.74) is -1.17. The zero-order chi connectivity index (χ0) is 24.1. The van der Waals surface area contributed by atoms with Crippen molar-refractivity contribution in [3.63, 3.8) is 0 Å². The molecule has 1 aliphatic rings. The van der Waals surface area contributed by atoms with E-state index >= 15 is 0 Å². The first-order valence-electron chi connectivity index (χ1n) is 12.9. The lowest BCUT2D eigenvalue weighted by atomic mass is 9.80. The molecule has 0 aromatic heterocycles. The van der Waals surface area contributed by atoms with Crippen molar-refractivity contribution >= 4 is 11.9 Å². The number of nitrogens with zero attached hydrogens (tertiary/aromatic N) is 1. The molecule has 1 aliphatic carbocycles. The summed E-state index contributed by atoms with van der Waals surface area (Å²) in [4.78, 5) is 24.8. The van der Waals surface area contributed by atoms with Gasteiger partial charge in [-0.25, -0.2) is 4.79 Å². The fourth-order valence-corrected chi connectivity index (χ4v) is 4.34. The molecule has 1 aromatic rings. The van der Waals surface area contributed by atoms with Gasteiger partial charge in [0.15, 0.2) is 5.41 Å². The van der Waals surface area contributed by atoms with Crippen LogP contribution in [0, 0.1) is 28.6 Å². The second-order valence-corrected chi connectivity index (χ2v) is 9.71. The minimum Gasteiger partial charge on any atom is -0.426 e. The maximum Gasteiger partial charge on any atom is 0.331 e. The Morgan fingerprint density at radius 3 is 2.00 bits per heavy atom. The fourth-order valence-electron chi connectivity index (χ4n) is 4.34. The number of benzene rings is 1. The predicted molar refractivity (Wildman–Crippen MR) is 130 cm³/mol. The average Bonchev–Trinajstić information content (AvgIpc) is 2.84. The standard InChI is InChI=1S/C28H41NO4/c1-4-6-7-8-9-10-11-12-22-13-15-23(16-14-22)26(30)32-24-17-19-25(20-18-24)33-27(31)28(3,5-2)21-29/h17-20,22-23H,4-16H2,1-3H3. The molecule has 1 unspecified atom stereocenters. The van der Waals surface area contributed by atoms with E-state index in [1.165, 1.54) is 51.4 Å². The van der Waals surface area contributed by atoms with Crippen LogP contribution in [0.1, 0.15) is 104 Å². The smallest absolute Gasteiger partial charge is 0.331 e. The molecule has 0 saturated heterocycles. The van der Waals surface area contributed by atoms with Gasteiger partial charge in [0.25, 0.3) is 0 Å². The Hall–Kier alpha value is -2.35. The summed E-state index contributed by atoms with van der Waals surface area (Å²) in [5.74, 6) is 0.751. The molecule has 2 rings (SSSR count). The number of hydrogen-bond acceptors (Lipinski definition) is 5. The lowest BCUT2D eigenvalue weighted by molar-refractivity contribution is -0.142. The molecule has 0 spiro atoms. The van der Waals surface area contributed by atoms with E-state index in [4.69, 9.17) is 9.47 Å². The summed E-state index contributed by atoms with van der Waals surface area (Å²) in [7, 11) is 0. The molecular formula is C28H41NO4. The van der Waals surface area contributed by atoms with Crippen molar-refractivity contribution in [1.29, 1.82) is 5.26 Å². The van der Waals surface area contributed by atoms with Crippen molar-refractivity contribution in [2.24, 2.45) is 17.3 Å². The number of rotatable bonds is 13. The number of unbranched alkanes of at least 4 members (excludes halogenated alkanes) is 6. The van der Waals surface area contributed by atoms with E-state index in [0.717, 1.165) is 31.6 Å². The first-order chi connectivity index (χ1) is 15.9. The molecule has 1 saturated carbocycles. The highest BCUT2D eigenvalue weighted by atomic mass is 16.5. The summed E-state index contributed by atoms with van der Waals surface area (Å²) in [5, 5.41) is 9.20. The van der Waals surface area contributed by atoms with Crippen LogP contribution in [0.15, 0.2) is 24.3 Å². The van der Waals surface area contributed by atoms with Crippen molar-refractivity contribution in [2.45, 2.75) is 104 Å². The summed E-state index contributed by atoms with van der Waals surface area (Å²) in [6, 6.07) is 8.44. The summed E-state index contributed by atoms with van der Waals surface area (Å²) < 4.78 is 10.9. The molecule has 182 valence electrons. The molecule has 5 nitrogen and oxygen atoms in total. The Bertz CT molecular complexity index is 774. The highest BCUT2D eigenvalue weighted by molar-refractivity contribution is 5.81. The SMILES string of the molecule is CCCCCCCCCC1CCC(C(=O)Oc2ccc(OC(=O)C(C)(C#N)CC)cc2)CC1. The van der Waals surface area contributed by atoms with Crippen LogP contribution in [0.3, 0.4) is 0 Å². The Morgan fingerprint density at radius 1 is 0.909 bits per heavy atom. The van der Waals surface area contributed by atoms with Crippen molar-refractivity contribution in [3.8, 4) is 17.6 Å². The van der Waals surface area contributed by atoms with Crippen LogP contribution in [-0.4, -0.2) is 11.9 Å². The van der Waals surface area contributed by atoms with Gasteiger partial charge in [-0.05, 0) is 69.2 Å². The maximum atomic E-state index is 12.6. The molecule has 5 heteroatoms. The number of ether oxygens (including phenoxy) is 2. The van der Waals surface area contributed by atoms with Crippen molar-refractivity contribution in [3.05, 3.63) is 24.3 Å². The number of carbonyl (C=O) groups is 2. The first-order valence-corrected chi connectivity index (χ1v) is 12.9. The minimum atomic E-state index is -1.17. The predicted octanol–water partition coefficient (Wildman–Crippen LogP) is 7.38. The van der Waals surface area contributed by atoms with Crippen LogP contribution < -0.4 is 9.47 Å². The number of esters is 2. The molecule has 0 amide bonds. The lowest BCUT2D eigenvalue weighted by Gasteiger charge is -2.27. The molecule has 1 atom stereocenters. The van der Waals surface area contributed by atoms with E-state index in [1.807, 2.05) is 6.07 Å². The second kappa shape index (κ2) is 14.0. The molecule has 0 aliphatic heterocycles. The number of carbonyl (C=O) groups excluding carboxylic acids is 2. The highest BCUT2D eigenvalue weighted by Crippen LogP contribution is 2.33. The Balaban J connectivity index is 1.69. The summed E-state index contributed by atoms with van der Waals surface area (Å²) in [6.07, 6.45) is 15.1. The van der Waals surface area contributed by atoms with Gasteiger partial charge < -0.3 is 9.47 Å².